The summed E-state index contributed by atoms with van der Waals surface area (Å²) < 4.78 is 3.01. The minimum atomic E-state index is 0.464. The van der Waals surface area contributed by atoms with Crippen LogP contribution in [0.5, 0.6) is 0 Å². The van der Waals surface area contributed by atoms with E-state index in [0.29, 0.717) is 6.04 Å². The molecule has 0 spiro atoms. The number of thiophene rings is 1. The van der Waals surface area contributed by atoms with E-state index < -0.39 is 0 Å². The molecule has 92 valence electrons. The van der Waals surface area contributed by atoms with E-state index in [9.17, 15) is 0 Å². The third-order valence-electron chi connectivity index (χ3n) is 2.27. The van der Waals surface area contributed by atoms with Crippen molar-refractivity contribution in [1.82, 2.24) is 20.3 Å². The van der Waals surface area contributed by atoms with Crippen molar-refractivity contribution in [3.05, 3.63) is 32.7 Å². The summed E-state index contributed by atoms with van der Waals surface area (Å²) in [4.78, 5) is 1.26. The molecule has 0 saturated heterocycles. The smallest absolute Gasteiger partial charge is 0.0965 e. The van der Waals surface area contributed by atoms with Gasteiger partial charge in [-0.15, -0.1) is 16.4 Å². The van der Waals surface area contributed by atoms with Crippen LogP contribution >= 0.6 is 27.3 Å². The molecule has 0 aromatic carbocycles. The van der Waals surface area contributed by atoms with Crippen LogP contribution in [0, 0.1) is 0 Å². The van der Waals surface area contributed by atoms with Crippen molar-refractivity contribution in [2.75, 3.05) is 0 Å². The van der Waals surface area contributed by atoms with Gasteiger partial charge in [-0.1, -0.05) is 19.1 Å². The summed E-state index contributed by atoms with van der Waals surface area (Å²) in [5.41, 5.74) is 0.978. The highest BCUT2D eigenvalue weighted by Crippen LogP contribution is 2.23. The predicted molar refractivity (Wildman–Crippen MR) is 73.1 cm³/mol. The predicted octanol–water partition coefficient (Wildman–Crippen LogP) is 2.65. The topological polar surface area (TPSA) is 42.7 Å². The molecular weight excluding hydrogens is 300 g/mol. The lowest BCUT2D eigenvalue weighted by Gasteiger charge is -2.04. The third-order valence-corrected chi connectivity index (χ3v) is 4.19. The summed E-state index contributed by atoms with van der Waals surface area (Å²) in [5, 5.41) is 13.7. The minimum absolute atomic E-state index is 0.464. The SMILES string of the molecule is CC(C)NCc1cn(Cc2sccc2Br)nn1. The Labute approximate surface area is 113 Å². The number of hydrogen-bond donors (Lipinski definition) is 1. The number of aromatic nitrogens is 3. The average Bonchev–Trinajstić information content (AvgIpc) is 2.87. The van der Waals surface area contributed by atoms with E-state index in [-0.39, 0.29) is 0 Å². The maximum Gasteiger partial charge on any atom is 0.0965 e. The van der Waals surface area contributed by atoms with Gasteiger partial charge in [-0.3, -0.25) is 0 Å². The summed E-state index contributed by atoms with van der Waals surface area (Å²) in [6.07, 6.45) is 1.99. The largest absolute Gasteiger partial charge is 0.309 e. The normalized spacial score (nSPS) is 11.3. The van der Waals surface area contributed by atoms with Gasteiger partial charge < -0.3 is 5.32 Å². The molecule has 0 atom stereocenters. The van der Waals surface area contributed by atoms with Crippen molar-refractivity contribution in [2.24, 2.45) is 0 Å². The van der Waals surface area contributed by atoms with Crippen LogP contribution < -0.4 is 5.32 Å². The maximum atomic E-state index is 4.14. The van der Waals surface area contributed by atoms with E-state index in [0.717, 1.165) is 23.3 Å². The lowest BCUT2D eigenvalue weighted by molar-refractivity contribution is 0.580. The Morgan fingerprint density at radius 1 is 1.53 bits per heavy atom. The lowest BCUT2D eigenvalue weighted by Crippen LogP contribution is -2.21. The molecular formula is C11H15BrN4S. The minimum Gasteiger partial charge on any atom is -0.309 e. The molecule has 2 aromatic heterocycles. The summed E-state index contributed by atoms with van der Waals surface area (Å²) >= 11 is 5.24. The molecule has 0 fully saturated rings. The number of nitrogens with one attached hydrogen (secondary N) is 1. The fourth-order valence-corrected chi connectivity index (χ4v) is 2.86. The van der Waals surface area contributed by atoms with E-state index in [2.05, 4.69) is 56.9 Å². The highest BCUT2D eigenvalue weighted by atomic mass is 79.9. The molecule has 0 radical (unpaired) electrons. The van der Waals surface area contributed by atoms with E-state index in [1.54, 1.807) is 11.3 Å². The van der Waals surface area contributed by atoms with Crippen LogP contribution in [0.25, 0.3) is 0 Å². The number of halogens is 1. The zero-order chi connectivity index (χ0) is 12.3. The van der Waals surface area contributed by atoms with Crippen LogP contribution in [0.1, 0.15) is 24.4 Å². The lowest BCUT2D eigenvalue weighted by atomic mass is 10.3. The third kappa shape index (κ3) is 3.62. The number of nitrogens with zero attached hydrogens (tertiary/aromatic N) is 3. The van der Waals surface area contributed by atoms with Gasteiger partial charge in [-0.05, 0) is 27.4 Å². The zero-order valence-electron chi connectivity index (χ0n) is 9.85. The van der Waals surface area contributed by atoms with Crippen molar-refractivity contribution in [2.45, 2.75) is 33.0 Å². The van der Waals surface area contributed by atoms with Gasteiger partial charge in [0, 0.05) is 21.9 Å². The molecule has 0 aliphatic rings. The standard InChI is InChI=1S/C11H15BrN4S/c1-8(2)13-5-9-6-16(15-14-9)7-11-10(12)3-4-17-11/h3-4,6,8,13H,5,7H2,1-2H3. The summed E-state index contributed by atoms with van der Waals surface area (Å²) in [6, 6.07) is 2.52. The Morgan fingerprint density at radius 3 is 3.00 bits per heavy atom. The van der Waals surface area contributed by atoms with Crippen molar-refractivity contribution >= 4 is 27.3 Å². The Kier molecular flexibility index (Phi) is 4.31. The molecule has 0 saturated carbocycles. The first-order chi connectivity index (χ1) is 8.15. The Bertz CT molecular complexity index is 477. The fraction of sp³-hybridized carbons (Fsp3) is 0.455. The molecule has 2 heterocycles. The van der Waals surface area contributed by atoms with Gasteiger partial charge in [-0.25, -0.2) is 4.68 Å². The second-order valence-corrected chi connectivity index (χ2v) is 5.99. The Hall–Kier alpha value is -0.720. The van der Waals surface area contributed by atoms with Crippen molar-refractivity contribution in [1.29, 1.82) is 0 Å². The number of rotatable bonds is 5. The Balaban J connectivity index is 1.97. The average molecular weight is 315 g/mol. The van der Waals surface area contributed by atoms with Crippen LogP contribution in [-0.2, 0) is 13.1 Å². The van der Waals surface area contributed by atoms with E-state index in [1.807, 2.05) is 10.9 Å². The molecule has 0 aliphatic carbocycles. The molecule has 17 heavy (non-hydrogen) atoms. The second-order valence-electron chi connectivity index (χ2n) is 4.13. The van der Waals surface area contributed by atoms with Gasteiger partial charge in [0.15, 0.2) is 0 Å². The highest BCUT2D eigenvalue weighted by molar-refractivity contribution is 9.10. The first-order valence-corrected chi connectivity index (χ1v) is 7.16. The maximum absolute atomic E-state index is 4.14. The van der Waals surface area contributed by atoms with Gasteiger partial charge in [0.2, 0.25) is 0 Å². The van der Waals surface area contributed by atoms with Gasteiger partial charge in [0.05, 0.1) is 18.4 Å². The van der Waals surface area contributed by atoms with Crippen LogP contribution in [-0.4, -0.2) is 21.0 Å². The van der Waals surface area contributed by atoms with Crippen molar-refractivity contribution < 1.29 is 0 Å². The monoisotopic (exact) mass is 314 g/mol. The van der Waals surface area contributed by atoms with Gasteiger partial charge in [0.1, 0.15) is 0 Å². The molecule has 2 aromatic rings. The summed E-state index contributed by atoms with van der Waals surface area (Å²) in [7, 11) is 0. The molecule has 0 aliphatic heterocycles. The molecule has 0 bridgehead atoms. The quantitative estimate of drug-likeness (QED) is 0.922. The van der Waals surface area contributed by atoms with Crippen molar-refractivity contribution in [3.63, 3.8) is 0 Å². The highest BCUT2D eigenvalue weighted by Gasteiger charge is 2.05. The van der Waals surface area contributed by atoms with E-state index >= 15 is 0 Å². The first-order valence-electron chi connectivity index (χ1n) is 5.49. The van der Waals surface area contributed by atoms with Gasteiger partial charge in [0.25, 0.3) is 0 Å². The molecule has 6 heteroatoms. The summed E-state index contributed by atoms with van der Waals surface area (Å²) in [5.74, 6) is 0. The fourth-order valence-electron chi connectivity index (χ4n) is 1.39. The molecule has 0 amide bonds. The number of hydrogen-bond acceptors (Lipinski definition) is 4. The molecule has 4 nitrogen and oxygen atoms in total. The van der Waals surface area contributed by atoms with Crippen LogP contribution in [0.3, 0.4) is 0 Å². The molecule has 0 unspecified atom stereocenters. The van der Waals surface area contributed by atoms with Crippen LogP contribution in [0.15, 0.2) is 22.1 Å². The molecule has 1 N–H and O–H groups in total. The van der Waals surface area contributed by atoms with E-state index in [1.165, 1.54) is 4.88 Å². The van der Waals surface area contributed by atoms with Crippen molar-refractivity contribution in [3.8, 4) is 0 Å². The van der Waals surface area contributed by atoms with Crippen LogP contribution in [0.4, 0.5) is 0 Å². The first kappa shape index (κ1) is 12.7. The summed E-state index contributed by atoms with van der Waals surface area (Å²) in [6.45, 7) is 5.77. The van der Waals surface area contributed by atoms with Gasteiger partial charge in [-0.2, -0.15) is 0 Å². The zero-order valence-corrected chi connectivity index (χ0v) is 12.3. The Morgan fingerprint density at radius 2 is 2.35 bits per heavy atom. The van der Waals surface area contributed by atoms with Crippen LogP contribution in [0.2, 0.25) is 0 Å². The van der Waals surface area contributed by atoms with E-state index in [4.69, 9.17) is 0 Å². The second kappa shape index (κ2) is 5.75. The van der Waals surface area contributed by atoms with Gasteiger partial charge >= 0.3 is 0 Å². The molecule has 2 rings (SSSR count).